The summed E-state index contributed by atoms with van der Waals surface area (Å²) < 4.78 is 74.8. The molecule has 0 aliphatic carbocycles. The van der Waals surface area contributed by atoms with Crippen molar-refractivity contribution in [2.75, 3.05) is 0 Å². The van der Waals surface area contributed by atoms with Crippen molar-refractivity contribution in [1.29, 1.82) is 0 Å². The van der Waals surface area contributed by atoms with Crippen LogP contribution in [0.1, 0.15) is 35.6 Å². The lowest BCUT2D eigenvalue weighted by atomic mass is 10.1. The van der Waals surface area contributed by atoms with E-state index < -0.39 is 57.7 Å². The maximum atomic E-state index is 14.8. The number of halogens is 5. The fourth-order valence-electron chi connectivity index (χ4n) is 4.53. The smallest absolute Gasteiger partial charge is 0.425 e. The van der Waals surface area contributed by atoms with Gasteiger partial charge in [0.1, 0.15) is 17.4 Å². The lowest BCUT2D eigenvalue weighted by Crippen LogP contribution is -2.31. The molecule has 0 saturated carbocycles. The maximum absolute atomic E-state index is 14.8. The van der Waals surface area contributed by atoms with Crippen LogP contribution in [0.2, 0.25) is 5.02 Å². The van der Waals surface area contributed by atoms with Gasteiger partial charge < -0.3 is 19.3 Å². The van der Waals surface area contributed by atoms with Crippen molar-refractivity contribution in [1.82, 2.24) is 19.3 Å². The number of carboxylic acid groups (broad SMARTS) is 1. The van der Waals surface area contributed by atoms with E-state index in [1.54, 1.807) is 6.92 Å². The summed E-state index contributed by atoms with van der Waals surface area (Å²) in [4.78, 5) is 29.0. The van der Waals surface area contributed by atoms with Crippen LogP contribution in [0, 0.1) is 5.82 Å². The topological polar surface area (TPSA) is 118 Å². The second-order valence-corrected chi connectivity index (χ2v) is 10.3. The molecule has 0 amide bonds. The standard InChI is InChI=1S/C31H25ClF4N4O6/c1-3-39-24(16-44-15-18-7-5-4-6-8-18)38-40(30(39)43)20-13-19-11-12-37-28(25(19)23(14-20)45-17(2)31(34,35)36)46-27-22(33)10-9-21(26(27)32)29(41)42/h4-14,17H,3,15-16H2,1-2H3,(H,41,42)/t17-/m0/s1. The third-order valence-corrected chi connectivity index (χ3v) is 7.24. The predicted molar refractivity (Wildman–Crippen MR) is 158 cm³/mol. The van der Waals surface area contributed by atoms with Gasteiger partial charge in [-0.25, -0.2) is 19.0 Å². The molecule has 0 bridgehead atoms. The molecule has 0 spiro atoms. The van der Waals surface area contributed by atoms with E-state index >= 15 is 0 Å². The normalized spacial score (nSPS) is 12.3. The van der Waals surface area contributed by atoms with E-state index in [4.69, 9.17) is 25.8 Å². The van der Waals surface area contributed by atoms with Crippen molar-refractivity contribution in [3.63, 3.8) is 0 Å². The van der Waals surface area contributed by atoms with Crippen LogP contribution in [0.15, 0.2) is 71.7 Å². The fraction of sp³-hybridized carbons (Fsp3) is 0.226. The highest BCUT2D eigenvalue weighted by atomic mass is 35.5. The Labute approximate surface area is 263 Å². The molecule has 2 heterocycles. The number of benzene rings is 3. The van der Waals surface area contributed by atoms with Crippen LogP contribution >= 0.6 is 11.6 Å². The maximum Gasteiger partial charge on any atom is 0.425 e. The monoisotopic (exact) mass is 660 g/mol. The highest BCUT2D eigenvalue weighted by molar-refractivity contribution is 6.35. The first-order valence-electron chi connectivity index (χ1n) is 13.7. The first-order valence-corrected chi connectivity index (χ1v) is 14.1. The summed E-state index contributed by atoms with van der Waals surface area (Å²) in [7, 11) is 0. The molecule has 0 radical (unpaired) electrons. The highest BCUT2D eigenvalue weighted by Gasteiger charge is 2.38. The molecule has 1 N–H and O–H groups in total. The van der Waals surface area contributed by atoms with E-state index in [-0.39, 0.29) is 42.0 Å². The number of aromatic nitrogens is 4. The minimum Gasteiger partial charge on any atom is -0.480 e. The molecule has 0 fully saturated rings. The van der Waals surface area contributed by atoms with E-state index in [2.05, 4.69) is 10.1 Å². The van der Waals surface area contributed by atoms with Gasteiger partial charge in [0, 0.05) is 18.8 Å². The van der Waals surface area contributed by atoms with Gasteiger partial charge in [-0.2, -0.15) is 17.9 Å². The van der Waals surface area contributed by atoms with E-state index in [0.29, 0.717) is 0 Å². The summed E-state index contributed by atoms with van der Waals surface area (Å²) in [6.45, 7) is 2.96. The summed E-state index contributed by atoms with van der Waals surface area (Å²) >= 11 is 6.11. The number of hydrogen-bond acceptors (Lipinski definition) is 7. The van der Waals surface area contributed by atoms with E-state index in [1.165, 1.54) is 22.9 Å². The van der Waals surface area contributed by atoms with Crippen molar-refractivity contribution in [3.05, 3.63) is 105 Å². The number of aromatic carboxylic acids is 1. The zero-order chi connectivity index (χ0) is 33.2. The van der Waals surface area contributed by atoms with Gasteiger partial charge in [0.25, 0.3) is 0 Å². The molecular weight excluding hydrogens is 636 g/mol. The Hall–Kier alpha value is -4.95. The third-order valence-electron chi connectivity index (χ3n) is 6.86. The van der Waals surface area contributed by atoms with Gasteiger partial charge >= 0.3 is 17.8 Å². The molecule has 0 aliphatic rings. The molecular formula is C31H25ClF4N4O6. The third kappa shape index (κ3) is 6.67. The van der Waals surface area contributed by atoms with Crippen LogP contribution in [-0.2, 0) is 24.5 Å². The summed E-state index contributed by atoms with van der Waals surface area (Å²) in [5.41, 5.74) is -0.102. The van der Waals surface area contributed by atoms with Gasteiger partial charge in [-0.1, -0.05) is 41.9 Å². The molecule has 240 valence electrons. The van der Waals surface area contributed by atoms with Crippen LogP contribution in [0.3, 0.4) is 0 Å². The molecule has 5 rings (SSSR count). The Balaban J connectivity index is 1.60. The van der Waals surface area contributed by atoms with Crippen LogP contribution in [0.5, 0.6) is 17.4 Å². The van der Waals surface area contributed by atoms with Crippen molar-refractivity contribution in [2.45, 2.75) is 45.9 Å². The van der Waals surface area contributed by atoms with Gasteiger partial charge in [0.15, 0.2) is 23.5 Å². The van der Waals surface area contributed by atoms with Crippen LogP contribution in [-0.4, -0.2) is 42.7 Å². The van der Waals surface area contributed by atoms with Crippen molar-refractivity contribution in [2.24, 2.45) is 0 Å². The SMILES string of the molecule is CCn1c(COCc2ccccc2)nn(-c2cc(O[C@@H](C)C(F)(F)F)c3c(Oc4c(F)ccc(C(=O)O)c4Cl)nccc3c2)c1=O. The van der Waals surface area contributed by atoms with Crippen LogP contribution in [0.4, 0.5) is 17.6 Å². The Morgan fingerprint density at radius 3 is 2.50 bits per heavy atom. The Kier molecular flexibility index (Phi) is 9.30. The number of nitrogens with zero attached hydrogens (tertiary/aromatic N) is 4. The predicted octanol–water partition coefficient (Wildman–Crippen LogP) is 6.93. The lowest BCUT2D eigenvalue weighted by molar-refractivity contribution is -0.189. The minimum absolute atomic E-state index is 0.0311. The van der Waals surface area contributed by atoms with Gasteiger partial charge in [-0.15, -0.1) is 5.10 Å². The number of ether oxygens (including phenoxy) is 3. The molecule has 0 unspecified atom stereocenters. The Bertz CT molecular complexity index is 1960. The molecule has 46 heavy (non-hydrogen) atoms. The Morgan fingerprint density at radius 2 is 1.83 bits per heavy atom. The van der Waals surface area contributed by atoms with E-state index in [1.807, 2.05) is 30.3 Å². The number of hydrogen-bond donors (Lipinski definition) is 1. The number of fused-ring (bicyclic) bond motifs is 1. The Morgan fingerprint density at radius 1 is 1.09 bits per heavy atom. The molecule has 15 heteroatoms. The first kappa shape index (κ1) is 32.4. The van der Waals surface area contributed by atoms with E-state index in [0.717, 1.165) is 35.4 Å². The second kappa shape index (κ2) is 13.2. The lowest BCUT2D eigenvalue weighted by Gasteiger charge is -2.20. The summed E-state index contributed by atoms with van der Waals surface area (Å²) in [5, 5.41) is 13.2. The van der Waals surface area contributed by atoms with Gasteiger partial charge in [0.2, 0.25) is 5.88 Å². The molecule has 5 aromatic rings. The van der Waals surface area contributed by atoms with Gasteiger partial charge in [0.05, 0.1) is 23.2 Å². The minimum atomic E-state index is -4.79. The fourth-order valence-corrected chi connectivity index (χ4v) is 4.81. The van der Waals surface area contributed by atoms with Crippen molar-refractivity contribution < 1.29 is 41.7 Å². The van der Waals surface area contributed by atoms with Crippen LogP contribution < -0.4 is 15.2 Å². The number of pyridine rings is 1. The molecule has 1 atom stereocenters. The molecule has 2 aromatic heterocycles. The largest absolute Gasteiger partial charge is 0.480 e. The van der Waals surface area contributed by atoms with Crippen LogP contribution in [0.25, 0.3) is 16.5 Å². The van der Waals surface area contributed by atoms with Gasteiger partial charge in [-0.3, -0.25) is 4.57 Å². The molecule has 0 aliphatic heterocycles. The molecule has 3 aromatic carbocycles. The van der Waals surface area contributed by atoms with Crippen molar-refractivity contribution >= 4 is 28.3 Å². The summed E-state index contributed by atoms with van der Waals surface area (Å²) in [6.07, 6.45) is -5.90. The number of carboxylic acids is 1. The average Bonchev–Trinajstić information content (AvgIpc) is 3.33. The highest BCUT2D eigenvalue weighted by Crippen LogP contribution is 2.41. The number of alkyl halides is 3. The number of carbonyl (C=O) groups is 1. The zero-order valence-corrected chi connectivity index (χ0v) is 25.0. The molecule has 0 saturated heterocycles. The average molecular weight is 661 g/mol. The second-order valence-electron chi connectivity index (χ2n) is 9.94. The first-order chi connectivity index (χ1) is 21.9. The molecule has 10 nitrogen and oxygen atoms in total. The number of rotatable bonds is 11. The quantitative estimate of drug-likeness (QED) is 0.152. The summed E-state index contributed by atoms with van der Waals surface area (Å²) in [6, 6.07) is 15.1. The van der Waals surface area contributed by atoms with E-state index in [9.17, 15) is 32.3 Å². The summed E-state index contributed by atoms with van der Waals surface area (Å²) in [5.74, 6) is -3.80. The van der Waals surface area contributed by atoms with Gasteiger partial charge in [-0.05, 0) is 49.1 Å². The zero-order valence-electron chi connectivity index (χ0n) is 24.2. The van der Waals surface area contributed by atoms with Crippen molar-refractivity contribution in [3.8, 4) is 23.1 Å².